The maximum Gasteiger partial charge on any atom is 0.255 e. The fourth-order valence-corrected chi connectivity index (χ4v) is 1.91. The molecule has 0 spiro atoms. The van der Waals surface area contributed by atoms with Crippen LogP contribution in [0, 0.1) is 0 Å². The van der Waals surface area contributed by atoms with Crippen LogP contribution in [0.15, 0.2) is 12.1 Å². The van der Waals surface area contributed by atoms with Gasteiger partial charge in [-0.3, -0.25) is 4.79 Å². The molecule has 0 radical (unpaired) electrons. The van der Waals surface area contributed by atoms with E-state index in [1.807, 2.05) is 13.8 Å². The molecule has 1 rings (SSSR count). The molecule has 6 heteroatoms. The van der Waals surface area contributed by atoms with Crippen molar-refractivity contribution in [1.29, 1.82) is 0 Å². The van der Waals surface area contributed by atoms with E-state index in [1.165, 1.54) is 21.3 Å². The summed E-state index contributed by atoms with van der Waals surface area (Å²) in [5.41, 5.74) is 5.64. The molecule has 1 aromatic rings. The number of hydrogen-bond acceptors (Lipinski definition) is 5. The predicted molar refractivity (Wildman–Crippen MR) is 81.3 cm³/mol. The van der Waals surface area contributed by atoms with Crippen LogP contribution in [0.2, 0.25) is 0 Å². The average molecular weight is 296 g/mol. The van der Waals surface area contributed by atoms with Gasteiger partial charge in [0.1, 0.15) is 0 Å². The zero-order chi connectivity index (χ0) is 16.0. The second kappa shape index (κ2) is 7.17. The molecule has 118 valence electrons. The number of hydrogen-bond donors (Lipinski definition) is 2. The third-order valence-corrected chi connectivity index (χ3v) is 3.59. The van der Waals surface area contributed by atoms with Crippen LogP contribution >= 0.6 is 0 Å². The molecule has 0 heterocycles. The van der Waals surface area contributed by atoms with E-state index >= 15 is 0 Å². The molecule has 3 N–H and O–H groups in total. The summed E-state index contributed by atoms with van der Waals surface area (Å²) in [6.45, 7) is 4.22. The Morgan fingerprint density at radius 1 is 1.19 bits per heavy atom. The molecule has 1 amide bonds. The highest BCUT2D eigenvalue weighted by Crippen LogP contribution is 2.39. The molecule has 0 saturated heterocycles. The Labute approximate surface area is 125 Å². The molecule has 21 heavy (non-hydrogen) atoms. The van der Waals surface area contributed by atoms with E-state index in [1.54, 1.807) is 12.1 Å². The van der Waals surface area contributed by atoms with Gasteiger partial charge < -0.3 is 25.3 Å². The van der Waals surface area contributed by atoms with Gasteiger partial charge >= 0.3 is 0 Å². The van der Waals surface area contributed by atoms with Crippen molar-refractivity contribution in [2.45, 2.75) is 25.8 Å². The molecule has 0 aliphatic carbocycles. The Morgan fingerprint density at radius 3 is 2.24 bits per heavy atom. The SMILES string of the molecule is CCC(C)(CN)NC(=O)c1ccc(OC)c(OC)c1OC. The van der Waals surface area contributed by atoms with E-state index in [9.17, 15) is 4.79 Å². The van der Waals surface area contributed by atoms with Gasteiger partial charge in [0.2, 0.25) is 5.75 Å². The Balaban J connectivity index is 3.21. The van der Waals surface area contributed by atoms with Gasteiger partial charge in [0.05, 0.1) is 26.9 Å². The van der Waals surface area contributed by atoms with Crippen molar-refractivity contribution in [1.82, 2.24) is 5.32 Å². The van der Waals surface area contributed by atoms with Gasteiger partial charge in [0.15, 0.2) is 11.5 Å². The first-order valence-corrected chi connectivity index (χ1v) is 6.77. The number of methoxy groups -OCH3 is 3. The number of ether oxygens (including phenoxy) is 3. The first kappa shape index (κ1) is 17.1. The van der Waals surface area contributed by atoms with Crippen molar-refractivity contribution in [3.8, 4) is 17.2 Å². The molecule has 0 aromatic heterocycles. The maximum atomic E-state index is 12.5. The van der Waals surface area contributed by atoms with E-state index in [0.717, 1.165) is 6.42 Å². The van der Waals surface area contributed by atoms with Crippen LogP contribution in [0.25, 0.3) is 0 Å². The number of amides is 1. The minimum Gasteiger partial charge on any atom is -0.493 e. The number of benzene rings is 1. The Hall–Kier alpha value is -1.95. The lowest BCUT2D eigenvalue weighted by molar-refractivity contribution is 0.0902. The molecule has 1 atom stereocenters. The van der Waals surface area contributed by atoms with Crippen LogP contribution in [0.4, 0.5) is 0 Å². The smallest absolute Gasteiger partial charge is 0.255 e. The van der Waals surface area contributed by atoms with E-state index in [0.29, 0.717) is 29.4 Å². The molecule has 1 unspecified atom stereocenters. The lowest BCUT2D eigenvalue weighted by Gasteiger charge is -2.28. The van der Waals surface area contributed by atoms with Crippen LogP contribution in [0.5, 0.6) is 17.2 Å². The summed E-state index contributed by atoms with van der Waals surface area (Å²) in [5, 5.41) is 2.93. The molecule has 0 bridgehead atoms. The van der Waals surface area contributed by atoms with Gasteiger partial charge in [-0.15, -0.1) is 0 Å². The zero-order valence-electron chi connectivity index (χ0n) is 13.3. The average Bonchev–Trinajstić information content (AvgIpc) is 2.52. The summed E-state index contributed by atoms with van der Waals surface area (Å²) in [5.74, 6) is 0.967. The standard InChI is InChI=1S/C15H24N2O4/c1-6-15(2,9-16)17-14(18)10-7-8-11(19-3)13(21-5)12(10)20-4/h7-8H,6,9,16H2,1-5H3,(H,17,18). The normalized spacial score (nSPS) is 13.2. The summed E-state index contributed by atoms with van der Waals surface area (Å²) in [4.78, 5) is 12.5. The first-order chi connectivity index (χ1) is 9.96. The largest absolute Gasteiger partial charge is 0.493 e. The molecule has 0 saturated carbocycles. The third-order valence-electron chi connectivity index (χ3n) is 3.59. The topological polar surface area (TPSA) is 82.8 Å². The molecule has 0 fully saturated rings. The van der Waals surface area contributed by atoms with Gasteiger partial charge in [0, 0.05) is 12.1 Å². The Kier molecular flexibility index (Phi) is 5.84. The van der Waals surface area contributed by atoms with E-state index in [4.69, 9.17) is 19.9 Å². The molecule has 6 nitrogen and oxygen atoms in total. The summed E-state index contributed by atoms with van der Waals surface area (Å²) < 4.78 is 15.8. The highest BCUT2D eigenvalue weighted by Gasteiger charge is 2.26. The highest BCUT2D eigenvalue weighted by atomic mass is 16.5. The van der Waals surface area contributed by atoms with Gasteiger partial charge in [-0.25, -0.2) is 0 Å². The second-order valence-corrected chi connectivity index (χ2v) is 4.95. The van der Waals surface area contributed by atoms with Gasteiger partial charge in [-0.2, -0.15) is 0 Å². The number of carbonyl (C=O) groups is 1. The number of rotatable bonds is 7. The second-order valence-electron chi connectivity index (χ2n) is 4.95. The fourth-order valence-electron chi connectivity index (χ4n) is 1.91. The van der Waals surface area contributed by atoms with E-state index < -0.39 is 5.54 Å². The van der Waals surface area contributed by atoms with Crippen LogP contribution in [0.1, 0.15) is 30.6 Å². The minimum atomic E-state index is -0.463. The predicted octanol–water partition coefficient (Wildman–Crippen LogP) is 1.57. The molecular weight excluding hydrogens is 272 g/mol. The van der Waals surface area contributed by atoms with Crippen molar-refractivity contribution in [3.05, 3.63) is 17.7 Å². The van der Waals surface area contributed by atoms with Gasteiger partial charge in [0.25, 0.3) is 5.91 Å². The van der Waals surface area contributed by atoms with Gasteiger partial charge in [-0.05, 0) is 25.5 Å². The lowest BCUT2D eigenvalue weighted by atomic mass is 9.98. The summed E-state index contributed by atoms with van der Waals surface area (Å²) in [6.07, 6.45) is 0.727. The highest BCUT2D eigenvalue weighted by molar-refractivity contribution is 5.98. The number of nitrogens with one attached hydrogen (secondary N) is 1. The van der Waals surface area contributed by atoms with Crippen LogP contribution in [-0.2, 0) is 0 Å². The van der Waals surface area contributed by atoms with Crippen LogP contribution < -0.4 is 25.3 Å². The fraction of sp³-hybridized carbons (Fsp3) is 0.533. The molecule has 1 aromatic carbocycles. The third kappa shape index (κ3) is 3.58. The molecule has 0 aliphatic heterocycles. The Morgan fingerprint density at radius 2 is 1.81 bits per heavy atom. The van der Waals surface area contributed by atoms with Crippen LogP contribution in [0.3, 0.4) is 0 Å². The summed E-state index contributed by atoms with van der Waals surface area (Å²) >= 11 is 0. The van der Waals surface area contributed by atoms with Gasteiger partial charge in [-0.1, -0.05) is 6.92 Å². The van der Waals surface area contributed by atoms with Crippen molar-refractivity contribution in [3.63, 3.8) is 0 Å². The van der Waals surface area contributed by atoms with E-state index in [2.05, 4.69) is 5.32 Å². The first-order valence-electron chi connectivity index (χ1n) is 6.77. The Bertz CT molecular complexity index is 499. The monoisotopic (exact) mass is 296 g/mol. The zero-order valence-corrected chi connectivity index (χ0v) is 13.3. The van der Waals surface area contributed by atoms with Crippen LogP contribution in [-0.4, -0.2) is 39.3 Å². The van der Waals surface area contributed by atoms with Crippen molar-refractivity contribution in [2.24, 2.45) is 5.73 Å². The van der Waals surface area contributed by atoms with E-state index in [-0.39, 0.29) is 5.91 Å². The minimum absolute atomic E-state index is 0.261. The molecular formula is C15H24N2O4. The van der Waals surface area contributed by atoms with Crippen molar-refractivity contribution >= 4 is 5.91 Å². The number of nitrogens with two attached hydrogens (primary N) is 1. The quantitative estimate of drug-likeness (QED) is 0.798. The summed E-state index contributed by atoms with van der Waals surface area (Å²) in [6, 6.07) is 3.31. The van der Waals surface area contributed by atoms with Crippen molar-refractivity contribution < 1.29 is 19.0 Å². The van der Waals surface area contributed by atoms with Crippen molar-refractivity contribution in [2.75, 3.05) is 27.9 Å². The molecule has 0 aliphatic rings. The number of carbonyl (C=O) groups excluding carboxylic acids is 1. The lowest BCUT2D eigenvalue weighted by Crippen LogP contribution is -2.50. The summed E-state index contributed by atoms with van der Waals surface area (Å²) in [7, 11) is 4.51. The maximum absolute atomic E-state index is 12.5.